The Morgan fingerprint density at radius 3 is 2.58 bits per heavy atom. The molecule has 0 aliphatic heterocycles. The molecule has 0 saturated carbocycles. The number of carbonyl (C=O) groups is 1. The molecule has 1 aromatic heterocycles. The number of anilines is 1. The van der Waals surface area contributed by atoms with Gasteiger partial charge in [0, 0.05) is 29.7 Å². The minimum Gasteiger partial charge on any atom is -0.448 e. The van der Waals surface area contributed by atoms with E-state index >= 15 is 0 Å². The third-order valence-corrected chi connectivity index (χ3v) is 5.81. The highest BCUT2D eigenvalue weighted by Gasteiger charge is 2.25. The Hall–Kier alpha value is -2.99. The number of aliphatic hydroxyl groups excluding tert-OH is 1. The van der Waals surface area contributed by atoms with Crippen molar-refractivity contribution in [2.24, 2.45) is 0 Å². The van der Waals surface area contributed by atoms with Gasteiger partial charge in [-0.1, -0.05) is 36.4 Å². The fourth-order valence-electron chi connectivity index (χ4n) is 3.47. The number of phosphoric acid groups is 1. The molecule has 3 aromatic rings. The fourth-order valence-corrected chi connectivity index (χ4v) is 3.84. The van der Waals surface area contributed by atoms with Gasteiger partial charge in [-0.25, -0.2) is 23.1 Å². The molecule has 194 valence electrons. The number of amides is 1. The number of hydrogen-bond donors (Lipinski definition) is 4. The molecule has 0 fully saturated rings. The monoisotopic (exact) mass is 525 g/mol. The Kier molecular flexibility index (Phi) is 9.43. The molecule has 2 aromatic carbocycles. The first-order valence-electron chi connectivity index (χ1n) is 10.8. The number of carbonyl (C=O) groups excluding carboxylic acids is 1. The highest BCUT2D eigenvalue weighted by Crippen LogP contribution is 2.36. The van der Waals surface area contributed by atoms with Crippen molar-refractivity contribution in [3.05, 3.63) is 71.9 Å². The summed E-state index contributed by atoms with van der Waals surface area (Å²) in [5, 5.41) is 14.4. The van der Waals surface area contributed by atoms with Gasteiger partial charge in [-0.15, -0.1) is 0 Å². The van der Waals surface area contributed by atoms with E-state index in [-0.39, 0.29) is 31.0 Å². The fraction of sp³-hybridized carbons (Fsp3) is 0.304. The molecule has 0 bridgehead atoms. The number of aromatic nitrogens is 1. The van der Waals surface area contributed by atoms with Crippen LogP contribution < -0.4 is 5.32 Å². The minimum absolute atomic E-state index is 0.0354. The van der Waals surface area contributed by atoms with Crippen LogP contribution in [0.5, 0.6) is 0 Å². The van der Waals surface area contributed by atoms with E-state index in [0.717, 1.165) is 16.8 Å². The van der Waals surface area contributed by atoms with Crippen molar-refractivity contribution in [3.8, 4) is 0 Å². The van der Waals surface area contributed by atoms with E-state index in [2.05, 4.69) is 14.8 Å². The molecule has 10 nitrogen and oxygen atoms in total. The quantitative estimate of drug-likeness (QED) is 0.277. The van der Waals surface area contributed by atoms with Gasteiger partial charge < -0.3 is 19.6 Å². The highest BCUT2D eigenvalue weighted by atomic mass is 31.2. The summed E-state index contributed by atoms with van der Waals surface area (Å²) < 4.78 is 48.3. The van der Waals surface area contributed by atoms with Gasteiger partial charge >= 0.3 is 13.9 Å². The number of ether oxygens (including phenoxy) is 1. The van der Waals surface area contributed by atoms with Gasteiger partial charge in [0.2, 0.25) is 0 Å². The lowest BCUT2D eigenvalue weighted by Gasteiger charge is -2.29. The van der Waals surface area contributed by atoms with Crippen molar-refractivity contribution in [3.63, 3.8) is 0 Å². The standard InChI is InChI=1S/C23H26F2N3O7P/c1-28(12-17-7-4-8-20(24)22(17)25)18(10-19(29)14-35-36(31,32)33)13-34-23(30)27-21-9-15-5-2-3-6-16(15)11-26-21/h2-9,11,18-19,29H,10,12-14H2,1H3,(H,26,27,30)(H2,31,32,33)/t18-,19+/m0/s1. The van der Waals surface area contributed by atoms with E-state index in [4.69, 9.17) is 14.5 Å². The number of hydrogen-bond acceptors (Lipinski definition) is 7. The Labute approximate surface area is 205 Å². The molecule has 0 saturated heterocycles. The van der Waals surface area contributed by atoms with Crippen LogP contribution in [0.4, 0.5) is 19.4 Å². The second kappa shape index (κ2) is 12.3. The lowest BCUT2D eigenvalue weighted by atomic mass is 10.1. The predicted octanol–water partition coefficient (Wildman–Crippen LogP) is 3.42. The molecule has 3 rings (SSSR count). The van der Waals surface area contributed by atoms with E-state index in [1.165, 1.54) is 24.1 Å². The van der Waals surface area contributed by atoms with Crippen LogP contribution in [-0.2, 0) is 20.4 Å². The zero-order valence-corrected chi connectivity index (χ0v) is 20.1. The third kappa shape index (κ3) is 8.30. The van der Waals surface area contributed by atoms with Gasteiger partial charge in [0.1, 0.15) is 12.4 Å². The maximum atomic E-state index is 14.1. The van der Waals surface area contributed by atoms with E-state index in [1.807, 2.05) is 24.3 Å². The number of rotatable bonds is 11. The van der Waals surface area contributed by atoms with Gasteiger partial charge in [0.25, 0.3) is 0 Å². The molecule has 1 heterocycles. The molecule has 1 amide bonds. The van der Waals surface area contributed by atoms with Crippen molar-refractivity contribution < 1.29 is 42.3 Å². The molecule has 0 aliphatic carbocycles. The van der Waals surface area contributed by atoms with Gasteiger partial charge in [0.15, 0.2) is 11.6 Å². The second-order valence-corrected chi connectivity index (χ2v) is 9.34. The smallest absolute Gasteiger partial charge is 0.448 e. The lowest BCUT2D eigenvalue weighted by molar-refractivity contribution is 0.0361. The molecular weight excluding hydrogens is 499 g/mol. The van der Waals surface area contributed by atoms with Crippen LogP contribution >= 0.6 is 7.82 Å². The maximum Gasteiger partial charge on any atom is 0.469 e. The molecular formula is C23H26F2N3O7P. The van der Waals surface area contributed by atoms with Crippen molar-refractivity contribution in [2.45, 2.75) is 25.1 Å². The van der Waals surface area contributed by atoms with Crippen LogP contribution in [0.2, 0.25) is 0 Å². The Bertz CT molecular complexity index is 1240. The Morgan fingerprint density at radius 2 is 1.86 bits per heavy atom. The molecule has 0 radical (unpaired) electrons. The number of likely N-dealkylation sites (N-methyl/N-ethyl adjacent to an activating group) is 1. The van der Waals surface area contributed by atoms with Gasteiger partial charge in [-0.3, -0.25) is 14.7 Å². The Balaban J connectivity index is 1.66. The van der Waals surface area contributed by atoms with E-state index in [1.54, 1.807) is 12.3 Å². The summed E-state index contributed by atoms with van der Waals surface area (Å²) in [5.74, 6) is -1.80. The summed E-state index contributed by atoms with van der Waals surface area (Å²) in [6.45, 7) is -1.08. The summed E-state index contributed by atoms with van der Waals surface area (Å²) in [6.07, 6.45) is -0.758. The molecule has 13 heteroatoms. The minimum atomic E-state index is -4.81. The van der Waals surface area contributed by atoms with Gasteiger partial charge in [-0.05, 0) is 31.0 Å². The number of fused-ring (bicyclic) bond motifs is 1. The first kappa shape index (κ1) is 27.6. The zero-order valence-electron chi connectivity index (χ0n) is 19.3. The van der Waals surface area contributed by atoms with Crippen LogP contribution in [0.3, 0.4) is 0 Å². The maximum absolute atomic E-state index is 14.1. The van der Waals surface area contributed by atoms with Crippen LogP contribution in [0.15, 0.2) is 54.7 Å². The first-order valence-corrected chi connectivity index (χ1v) is 12.3. The number of aliphatic hydroxyl groups is 1. The average molecular weight is 525 g/mol. The summed E-state index contributed by atoms with van der Waals surface area (Å²) in [6, 6.07) is 12.0. The summed E-state index contributed by atoms with van der Waals surface area (Å²) in [4.78, 5) is 35.7. The number of halogens is 2. The number of nitrogens with one attached hydrogen (secondary N) is 1. The van der Waals surface area contributed by atoms with Crippen LogP contribution in [0.1, 0.15) is 12.0 Å². The highest BCUT2D eigenvalue weighted by molar-refractivity contribution is 7.46. The third-order valence-electron chi connectivity index (χ3n) is 5.32. The average Bonchev–Trinajstić information content (AvgIpc) is 2.82. The van der Waals surface area contributed by atoms with Gasteiger partial charge in [0.05, 0.1) is 12.7 Å². The molecule has 36 heavy (non-hydrogen) atoms. The van der Waals surface area contributed by atoms with Crippen molar-refractivity contribution in [2.75, 3.05) is 25.6 Å². The summed E-state index contributed by atoms with van der Waals surface area (Å²) in [5.41, 5.74) is 0.0354. The first-order chi connectivity index (χ1) is 17.0. The largest absolute Gasteiger partial charge is 0.469 e. The predicted molar refractivity (Wildman–Crippen MR) is 127 cm³/mol. The van der Waals surface area contributed by atoms with E-state index in [9.17, 15) is 23.2 Å². The van der Waals surface area contributed by atoms with Crippen LogP contribution in [0, 0.1) is 11.6 Å². The summed E-state index contributed by atoms with van der Waals surface area (Å²) >= 11 is 0. The number of pyridine rings is 1. The van der Waals surface area contributed by atoms with Crippen molar-refractivity contribution in [1.82, 2.24) is 9.88 Å². The van der Waals surface area contributed by atoms with Crippen LogP contribution in [-0.4, -0.2) is 63.3 Å². The van der Waals surface area contributed by atoms with Gasteiger partial charge in [-0.2, -0.15) is 0 Å². The SMILES string of the molecule is CN(Cc1cccc(F)c1F)[C@H](COC(=O)Nc1cc2ccccc2cn1)C[C@@H](O)COP(=O)(O)O. The zero-order chi connectivity index (χ0) is 26.3. The molecule has 2 atom stereocenters. The molecule has 0 spiro atoms. The topological polar surface area (TPSA) is 141 Å². The molecule has 0 unspecified atom stereocenters. The van der Waals surface area contributed by atoms with Crippen molar-refractivity contribution >= 4 is 30.5 Å². The second-order valence-electron chi connectivity index (χ2n) is 8.10. The molecule has 0 aliphatic rings. The lowest BCUT2D eigenvalue weighted by Crippen LogP contribution is -2.40. The Morgan fingerprint density at radius 1 is 1.14 bits per heavy atom. The number of phosphoric ester groups is 1. The van der Waals surface area contributed by atoms with Crippen LogP contribution in [0.25, 0.3) is 10.8 Å². The van der Waals surface area contributed by atoms with E-state index < -0.39 is 44.3 Å². The number of benzene rings is 2. The number of nitrogens with zero attached hydrogens (tertiary/aromatic N) is 2. The van der Waals surface area contributed by atoms with E-state index in [0.29, 0.717) is 0 Å². The normalized spacial score (nSPS) is 13.5. The summed E-state index contributed by atoms with van der Waals surface area (Å²) in [7, 11) is -3.27. The van der Waals surface area contributed by atoms with Crippen molar-refractivity contribution in [1.29, 1.82) is 0 Å². The molecule has 4 N–H and O–H groups in total.